The molecule has 61 heavy (non-hydrogen) atoms. The summed E-state index contributed by atoms with van der Waals surface area (Å²) in [6, 6.07) is 20.6. The molecule has 0 amide bonds. The zero-order valence-electron chi connectivity index (χ0n) is 31.6. The second kappa shape index (κ2) is 27.0. The third kappa shape index (κ3) is 18.2. The van der Waals surface area contributed by atoms with Gasteiger partial charge in [0.15, 0.2) is 17.1 Å². The van der Waals surface area contributed by atoms with E-state index < -0.39 is 39.3 Å². The number of nitrogens with zero attached hydrogens (tertiary/aromatic N) is 3. The van der Waals surface area contributed by atoms with E-state index in [0.717, 1.165) is 24.4 Å². The Bertz CT molecular complexity index is 2550. The van der Waals surface area contributed by atoms with Crippen molar-refractivity contribution in [1.82, 2.24) is 15.0 Å². The summed E-state index contributed by atoms with van der Waals surface area (Å²) in [5, 5.41) is 38.1. The number of nitrogen functional groups attached to an aromatic ring is 3. The second-order valence-electron chi connectivity index (χ2n) is 10.7. The summed E-state index contributed by atoms with van der Waals surface area (Å²) in [4.78, 5) is 44.2. The first kappa shape index (κ1) is 53.9. The van der Waals surface area contributed by atoms with Crippen LogP contribution in [0.25, 0.3) is 0 Å². The van der Waals surface area contributed by atoms with Gasteiger partial charge in [0.2, 0.25) is 9.84 Å². The molecule has 0 aliphatic rings. The number of carbonyl (C=O) groups is 3. The topological polar surface area (TPSA) is 303 Å². The molecule has 6 rings (SSSR count). The van der Waals surface area contributed by atoms with Gasteiger partial charge >= 0.3 is 17.9 Å². The Balaban J connectivity index is 0.000000811. The number of hydrogen-bond donors (Lipinski definition) is 9. The molecule has 318 valence electrons. The van der Waals surface area contributed by atoms with Crippen LogP contribution in [0, 0.1) is 48.6 Å². The summed E-state index contributed by atoms with van der Waals surface area (Å²) in [5.74, 6) is -4.92. The first-order valence-corrected chi connectivity index (χ1v) is 19.0. The summed E-state index contributed by atoms with van der Waals surface area (Å²) in [5.41, 5.74) is 15.6. The predicted molar refractivity (Wildman–Crippen MR) is 223 cm³/mol. The van der Waals surface area contributed by atoms with Crippen molar-refractivity contribution in [2.75, 3.05) is 17.2 Å². The van der Waals surface area contributed by atoms with Gasteiger partial charge < -0.3 is 32.5 Å². The number of carboxylic acid groups (broad SMARTS) is 3. The Morgan fingerprint density at radius 2 is 1.08 bits per heavy atom. The van der Waals surface area contributed by atoms with E-state index in [0.29, 0.717) is 19.2 Å². The Labute approximate surface area is 390 Å². The first-order valence-electron chi connectivity index (χ1n) is 16.1. The van der Waals surface area contributed by atoms with Gasteiger partial charge in [0, 0.05) is 77.2 Å². The predicted octanol–water partition coefficient (Wildman–Crippen LogP) is 6.59. The van der Waals surface area contributed by atoms with E-state index in [2.05, 4.69) is 51.9 Å². The van der Waals surface area contributed by atoms with Crippen LogP contribution in [0.1, 0.15) is 31.5 Å². The SMILES string of the molecule is Fc1cccc(S)c1.Nc1cc(Br)cnc1C(=O)O.Nc1cc(S(=O)(=O)c2cccc(F)c2)cnc1C(=O)O.Nc1cc(Sc2cccc(F)c2)cnc1C(=O)O.OO.[2H][B].[U]. The number of benzene rings is 3. The van der Waals surface area contributed by atoms with E-state index >= 15 is 0 Å². The van der Waals surface area contributed by atoms with Crippen molar-refractivity contribution in [1.29, 1.82) is 1.34 Å². The second-order valence-corrected chi connectivity index (χ2v) is 15.3. The maximum absolute atomic E-state index is 13.1. The molecule has 0 bridgehead atoms. The molecule has 0 aliphatic carbocycles. The van der Waals surface area contributed by atoms with Crippen LogP contribution in [0.4, 0.5) is 30.2 Å². The minimum absolute atomic E-state index is 0. The molecular weight excluding hydrogens is 1160 g/mol. The van der Waals surface area contributed by atoms with Gasteiger partial charge in [-0.3, -0.25) is 10.5 Å². The van der Waals surface area contributed by atoms with Crippen molar-refractivity contribution in [3.8, 4) is 0 Å². The van der Waals surface area contributed by atoms with E-state index in [1.165, 1.54) is 72.7 Å². The molecule has 0 saturated carbocycles. The molecule has 0 saturated heterocycles. The van der Waals surface area contributed by atoms with Crippen LogP contribution in [0.3, 0.4) is 0 Å². The van der Waals surface area contributed by atoms with Crippen LogP contribution >= 0.6 is 40.3 Å². The van der Waals surface area contributed by atoms with E-state index in [9.17, 15) is 36.0 Å². The van der Waals surface area contributed by atoms with Crippen LogP contribution < -0.4 is 17.2 Å². The van der Waals surface area contributed by atoms with Gasteiger partial charge in [-0.2, -0.15) is 0 Å². The van der Waals surface area contributed by atoms with Gasteiger partial charge in [-0.15, -0.1) is 12.6 Å². The number of hydrogen-bond acceptors (Lipinski definition) is 15. The largest absolute Gasteiger partial charge is 0.476 e. The number of thiol groups is 1. The summed E-state index contributed by atoms with van der Waals surface area (Å²) in [7, 11) is -0.252. The Hall–Kier alpha value is -5.12. The molecule has 25 heteroatoms. The number of aromatic carboxylic acids is 3. The Morgan fingerprint density at radius 1 is 0.639 bits per heavy atom. The minimum atomic E-state index is -4.00. The molecule has 0 unspecified atom stereocenters. The molecule has 3 aromatic heterocycles. The van der Waals surface area contributed by atoms with E-state index in [4.69, 9.17) is 44.4 Å². The van der Waals surface area contributed by atoms with Crippen molar-refractivity contribution in [3.05, 3.63) is 149 Å². The fourth-order valence-corrected chi connectivity index (χ4v) is 6.74. The third-order valence-electron chi connectivity index (χ3n) is 6.53. The van der Waals surface area contributed by atoms with Gasteiger partial charge in [0.05, 0.1) is 26.9 Å². The van der Waals surface area contributed by atoms with Crippen molar-refractivity contribution in [2.45, 2.75) is 24.5 Å². The molecule has 6 aromatic rings. The molecule has 16 nitrogen and oxygen atoms in total. The Morgan fingerprint density at radius 3 is 1.51 bits per heavy atom. The molecule has 3 heterocycles. The molecule has 0 aliphatic heterocycles. The number of pyridine rings is 3. The van der Waals surface area contributed by atoms with E-state index in [-0.39, 0.29) is 81.0 Å². The number of halogens is 4. The third-order valence-corrected chi connectivity index (χ3v) is 9.91. The monoisotopic (exact) mass is 1190 g/mol. The van der Waals surface area contributed by atoms with Crippen LogP contribution in [0.5, 0.6) is 0 Å². The number of nitrogens with two attached hydrogens (primary N) is 3. The fraction of sp³-hybridized carbons (Fsp3) is 0. The van der Waals surface area contributed by atoms with Gasteiger partial charge in [-0.25, -0.2) is 50.9 Å². The van der Waals surface area contributed by atoms with Crippen LogP contribution in [0.2, 0.25) is 0 Å². The average Bonchev–Trinajstić information content (AvgIpc) is 3.20. The van der Waals surface area contributed by atoms with Crippen molar-refractivity contribution in [3.63, 3.8) is 0 Å². The van der Waals surface area contributed by atoms with Crippen LogP contribution in [-0.2, 0) is 9.84 Å². The van der Waals surface area contributed by atoms with E-state index in [1.54, 1.807) is 24.3 Å². The van der Waals surface area contributed by atoms with Crippen LogP contribution in [0.15, 0.2) is 139 Å². The van der Waals surface area contributed by atoms with Crippen molar-refractivity contribution in [2.24, 2.45) is 0 Å². The number of rotatable bonds is 7. The maximum Gasteiger partial charge on any atom is 0.356 e. The number of sulfone groups is 1. The summed E-state index contributed by atoms with van der Waals surface area (Å²) >= 11 is 8.28. The normalized spacial score (nSPS) is 9.85. The molecule has 11 N–H and O–H groups in total. The smallest absolute Gasteiger partial charge is 0.356 e. The van der Waals surface area contributed by atoms with Gasteiger partial charge in [0.1, 0.15) is 17.5 Å². The minimum Gasteiger partial charge on any atom is -0.476 e. The zero-order chi connectivity index (χ0) is 46.4. The van der Waals surface area contributed by atoms with Crippen molar-refractivity contribution < 1.29 is 92.9 Å². The molecule has 0 fully saturated rings. The summed E-state index contributed by atoms with van der Waals surface area (Å²) in [6.45, 7) is 0. The standard InChI is InChI=1S/C12H9FN2O4S.C12H9FN2O2S.C6H5BrN2O2.C6H5FS.BH.H2O2.U/c13-7-2-1-3-8(4-7)20(18,19)9-5-10(14)11(12(16)17)15-6-9;13-7-2-1-3-8(4-7)18-9-5-10(14)11(12(16)17)15-6-9;7-3-1-4(8)5(6(10)11)9-2-3;7-5-2-1-3-6(8)4-5;;1-2;/h1-6H,14H2,(H,16,17);1-6H,14H2,(H,16,17);1-2H,8H2,(H,10,11);1-4,8H;1H;1-2H;/i;;;;1D;;. The molecular formula is C36H31BBrF3N6O10S3U. The van der Waals surface area contributed by atoms with Gasteiger partial charge in [-0.05, 0) is 90.1 Å². The summed E-state index contributed by atoms with van der Waals surface area (Å²) in [6.07, 6.45) is 3.66. The molecule has 0 spiro atoms. The number of aromatic nitrogens is 3. The molecule has 0 atom stereocenters. The fourth-order valence-electron chi connectivity index (χ4n) is 4.03. The molecule has 2 radical (unpaired) electrons. The quantitative estimate of drug-likeness (QED) is 0.0352. The zero-order valence-corrected chi connectivity index (χ0v) is 38.9. The first-order chi connectivity index (χ1) is 28.8. The summed E-state index contributed by atoms with van der Waals surface area (Å²) < 4.78 is 68.5. The maximum atomic E-state index is 13.1. The number of anilines is 3. The van der Waals surface area contributed by atoms with Crippen LogP contribution in [-0.4, -0.2) is 76.8 Å². The number of carboxylic acids is 3. The molecule has 3 aromatic carbocycles. The Kier molecular flexibility index (Phi) is 23.8. The average molecular weight is 1190 g/mol. The van der Waals surface area contributed by atoms with Gasteiger partial charge in [0.25, 0.3) is 0 Å². The van der Waals surface area contributed by atoms with Gasteiger partial charge in [-0.1, -0.05) is 30.0 Å². The van der Waals surface area contributed by atoms with Crippen molar-refractivity contribution >= 4 is 93.5 Å². The van der Waals surface area contributed by atoms with E-state index in [1.807, 2.05) is 0 Å².